The standard InChI is InChI=1S/C21H19N3O6S/c25-19(23-15-7-8-18-14(12-15)6-9-20(26)30-18)13-17-21(27)22-10-11-24(17)31(28,29)16-4-2-1-3-5-16/h1-9,12,17H,10-11,13H2,(H,22,27)(H,23,25)/t17-/m1/s1. The minimum atomic E-state index is -3.94. The van der Waals surface area contributed by atoms with Gasteiger partial charge in [0.2, 0.25) is 21.8 Å². The summed E-state index contributed by atoms with van der Waals surface area (Å²) in [7, 11) is -3.94. The number of carbonyl (C=O) groups is 2. The molecule has 2 aromatic carbocycles. The van der Waals surface area contributed by atoms with Crippen LogP contribution in [0.1, 0.15) is 6.42 Å². The number of hydrogen-bond donors (Lipinski definition) is 2. The molecule has 1 fully saturated rings. The van der Waals surface area contributed by atoms with Crippen LogP contribution in [0, 0.1) is 0 Å². The van der Waals surface area contributed by atoms with Crippen LogP contribution in [0.2, 0.25) is 0 Å². The molecular weight excluding hydrogens is 422 g/mol. The molecule has 0 unspecified atom stereocenters. The van der Waals surface area contributed by atoms with Crippen molar-refractivity contribution in [2.24, 2.45) is 0 Å². The van der Waals surface area contributed by atoms with Crippen LogP contribution in [0.4, 0.5) is 5.69 Å². The highest BCUT2D eigenvalue weighted by Crippen LogP contribution is 2.22. The van der Waals surface area contributed by atoms with Gasteiger partial charge in [-0.15, -0.1) is 0 Å². The van der Waals surface area contributed by atoms with E-state index in [1.54, 1.807) is 42.5 Å². The molecule has 0 aliphatic carbocycles. The largest absolute Gasteiger partial charge is 0.423 e. The minimum Gasteiger partial charge on any atom is -0.423 e. The first-order chi connectivity index (χ1) is 14.8. The highest BCUT2D eigenvalue weighted by molar-refractivity contribution is 7.89. The number of anilines is 1. The van der Waals surface area contributed by atoms with Gasteiger partial charge in [-0.25, -0.2) is 13.2 Å². The lowest BCUT2D eigenvalue weighted by atomic mass is 10.1. The number of fused-ring (bicyclic) bond motifs is 1. The average molecular weight is 441 g/mol. The Hall–Kier alpha value is -3.50. The van der Waals surface area contributed by atoms with Gasteiger partial charge >= 0.3 is 5.63 Å². The summed E-state index contributed by atoms with van der Waals surface area (Å²) in [6.45, 7) is 0.231. The van der Waals surface area contributed by atoms with Crippen molar-refractivity contribution in [1.82, 2.24) is 9.62 Å². The van der Waals surface area contributed by atoms with Crippen LogP contribution in [-0.2, 0) is 19.6 Å². The van der Waals surface area contributed by atoms with Gasteiger partial charge in [0.1, 0.15) is 11.6 Å². The van der Waals surface area contributed by atoms with Crippen molar-refractivity contribution in [2.45, 2.75) is 17.4 Å². The first-order valence-corrected chi connectivity index (χ1v) is 11.0. The molecule has 0 spiro atoms. The molecular formula is C21H19N3O6S. The van der Waals surface area contributed by atoms with Crippen LogP contribution in [0.5, 0.6) is 0 Å². The second kappa shape index (κ2) is 8.32. The van der Waals surface area contributed by atoms with Gasteiger partial charge in [0.15, 0.2) is 0 Å². The molecule has 0 bridgehead atoms. The van der Waals surface area contributed by atoms with E-state index < -0.39 is 33.5 Å². The maximum absolute atomic E-state index is 13.0. The lowest BCUT2D eigenvalue weighted by Crippen LogP contribution is -2.57. The second-order valence-electron chi connectivity index (χ2n) is 6.99. The number of sulfonamides is 1. The van der Waals surface area contributed by atoms with Crippen LogP contribution in [0.3, 0.4) is 0 Å². The van der Waals surface area contributed by atoms with Crippen molar-refractivity contribution < 1.29 is 22.4 Å². The number of hydrogen-bond acceptors (Lipinski definition) is 6. The Bertz CT molecular complexity index is 1300. The van der Waals surface area contributed by atoms with Gasteiger partial charge in [-0.05, 0) is 36.4 Å². The number of amides is 2. The zero-order chi connectivity index (χ0) is 22.0. The van der Waals surface area contributed by atoms with E-state index in [0.717, 1.165) is 4.31 Å². The number of carbonyl (C=O) groups excluding carboxylic acids is 2. The monoisotopic (exact) mass is 441 g/mol. The number of piperazine rings is 1. The zero-order valence-corrected chi connectivity index (χ0v) is 17.1. The topological polar surface area (TPSA) is 126 Å². The van der Waals surface area contributed by atoms with Gasteiger partial charge in [0, 0.05) is 30.2 Å². The Balaban J connectivity index is 1.54. The molecule has 1 atom stereocenters. The van der Waals surface area contributed by atoms with E-state index in [2.05, 4.69) is 10.6 Å². The van der Waals surface area contributed by atoms with Crippen molar-refractivity contribution in [3.05, 3.63) is 71.1 Å². The maximum Gasteiger partial charge on any atom is 0.336 e. The Labute approximate surface area is 177 Å². The van der Waals surface area contributed by atoms with E-state index in [4.69, 9.17) is 4.42 Å². The summed E-state index contributed by atoms with van der Waals surface area (Å²) < 4.78 is 32.2. The molecule has 10 heteroatoms. The fraction of sp³-hybridized carbons (Fsp3) is 0.190. The van der Waals surface area contributed by atoms with Gasteiger partial charge in [-0.1, -0.05) is 18.2 Å². The molecule has 2 heterocycles. The molecule has 160 valence electrons. The molecule has 31 heavy (non-hydrogen) atoms. The van der Waals surface area contributed by atoms with Crippen molar-refractivity contribution in [1.29, 1.82) is 0 Å². The Morgan fingerprint density at radius 2 is 1.87 bits per heavy atom. The molecule has 2 amide bonds. The summed E-state index contributed by atoms with van der Waals surface area (Å²) in [6, 6.07) is 14.2. The molecule has 1 saturated heterocycles. The molecule has 1 aliphatic rings. The van der Waals surface area contributed by atoms with Crippen molar-refractivity contribution in [3.8, 4) is 0 Å². The third kappa shape index (κ3) is 4.35. The van der Waals surface area contributed by atoms with Gasteiger partial charge in [0.05, 0.1) is 11.3 Å². The van der Waals surface area contributed by atoms with Crippen molar-refractivity contribution in [2.75, 3.05) is 18.4 Å². The molecule has 1 aromatic heterocycles. The quantitative estimate of drug-likeness (QED) is 0.575. The summed E-state index contributed by atoms with van der Waals surface area (Å²) in [6.07, 6.45) is -0.347. The van der Waals surface area contributed by atoms with Crippen LogP contribution in [0.15, 0.2) is 74.8 Å². The maximum atomic E-state index is 13.0. The van der Waals surface area contributed by atoms with Gasteiger partial charge in [-0.2, -0.15) is 4.31 Å². The van der Waals surface area contributed by atoms with Gasteiger partial charge in [-0.3, -0.25) is 9.59 Å². The first-order valence-electron chi connectivity index (χ1n) is 9.53. The van der Waals surface area contributed by atoms with Crippen LogP contribution >= 0.6 is 0 Å². The number of rotatable bonds is 5. The highest BCUT2D eigenvalue weighted by atomic mass is 32.2. The molecule has 0 radical (unpaired) electrons. The first kappa shape index (κ1) is 20.8. The lowest BCUT2D eigenvalue weighted by molar-refractivity contribution is -0.130. The third-order valence-electron chi connectivity index (χ3n) is 4.91. The number of nitrogens with zero attached hydrogens (tertiary/aromatic N) is 1. The minimum absolute atomic E-state index is 0.0612. The summed E-state index contributed by atoms with van der Waals surface area (Å²) >= 11 is 0. The average Bonchev–Trinajstić information content (AvgIpc) is 2.76. The van der Waals surface area contributed by atoms with Crippen molar-refractivity contribution >= 4 is 38.5 Å². The van der Waals surface area contributed by atoms with Crippen LogP contribution in [0.25, 0.3) is 11.0 Å². The molecule has 3 aromatic rings. The predicted molar refractivity (Wildman–Crippen MR) is 113 cm³/mol. The highest BCUT2D eigenvalue weighted by Gasteiger charge is 2.39. The van der Waals surface area contributed by atoms with Crippen molar-refractivity contribution in [3.63, 3.8) is 0 Å². The number of benzene rings is 2. The summed E-state index contributed by atoms with van der Waals surface area (Å²) in [5.41, 5.74) is 0.324. The van der Waals surface area contributed by atoms with E-state index in [-0.39, 0.29) is 24.4 Å². The molecule has 2 N–H and O–H groups in total. The molecule has 1 aliphatic heterocycles. The summed E-state index contributed by atoms with van der Waals surface area (Å²) in [5.74, 6) is -1.05. The Kier molecular flexibility index (Phi) is 5.57. The van der Waals surface area contributed by atoms with E-state index >= 15 is 0 Å². The molecule has 0 saturated carbocycles. The lowest BCUT2D eigenvalue weighted by Gasteiger charge is -2.33. The van der Waals surface area contributed by atoms with Crippen LogP contribution < -0.4 is 16.3 Å². The Morgan fingerprint density at radius 3 is 2.65 bits per heavy atom. The van der Waals surface area contributed by atoms with E-state index in [0.29, 0.717) is 16.7 Å². The third-order valence-corrected chi connectivity index (χ3v) is 6.84. The van der Waals surface area contributed by atoms with Gasteiger partial charge < -0.3 is 15.1 Å². The fourth-order valence-electron chi connectivity index (χ4n) is 3.44. The summed E-state index contributed by atoms with van der Waals surface area (Å²) in [5, 5.41) is 5.90. The van der Waals surface area contributed by atoms with Gasteiger partial charge in [0.25, 0.3) is 0 Å². The number of nitrogens with one attached hydrogen (secondary N) is 2. The van der Waals surface area contributed by atoms with E-state index in [1.807, 2.05) is 0 Å². The summed E-state index contributed by atoms with van der Waals surface area (Å²) in [4.78, 5) is 36.4. The smallest absolute Gasteiger partial charge is 0.336 e. The zero-order valence-electron chi connectivity index (χ0n) is 16.3. The SMILES string of the molecule is O=C(C[C@@H]1C(=O)NCCN1S(=O)(=O)c1ccccc1)Nc1ccc2oc(=O)ccc2c1. The molecule has 9 nitrogen and oxygen atoms in total. The predicted octanol–water partition coefficient (Wildman–Crippen LogP) is 1.31. The van der Waals surface area contributed by atoms with E-state index in [9.17, 15) is 22.8 Å². The van der Waals surface area contributed by atoms with E-state index in [1.165, 1.54) is 18.2 Å². The Morgan fingerprint density at radius 1 is 1.10 bits per heavy atom. The van der Waals surface area contributed by atoms with Crippen LogP contribution in [-0.4, -0.2) is 43.7 Å². The fourth-order valence-corrected chi connectivity index (χ4v) is 5.05. The molecule has 4 rings (SSSR count). The normalized spacial score (nSPS) is 17.3. The second-order valence-corrected chi connectivity index (χ2v) is 8.89.